The van der Waals surface area contributed by atoms with Crippen LogP contribution in [0.4, 0.5) is 15.8 Å². The van der Waals surface area contributed by atoms with Gasteiger partial charge in [0.15, 0.2) is 0 Å². The smallest absolute Gasteiger partial charge is 0.335 e. The van der Waals surface area contributed by atoms with Crippen LogP contribution < -0.4 is 15.0 Å². The fourth-order valence-corrected chi connectivity index (χ4v) is 7.55. The standard InChI is InChI=1S/C32H30Cl2FN3O5/c1-31(2,3)14-24-32(19-10-9-17(33)13-21(19)36-30(32)42)25(18-6-5-7-20(34)26(18)35)27-28(39)37(15-38(24)27)22-11-8-16(29(40)41)12-23(22)43-4/h5-13,24-25,27H,14-15H2,1-4H3,(H,36,42)(H,40,41)/t24-,25?,27+,32+/m0/s1. The summed E-state index contributed by atoms with van der Waals surface area (Å²) < 4.78 is 21.6. The van der Waals surface area contributed by atoms with Crippen LogP contribution in [0, 0.1) is 11.2 Å². The first-order valence-electron chi connectivity index (χ1n) is 13.8. The van der Waals surface area contributed by atoms with Crippen molar-refractivity contribution in [1.82, 2.24) is 4.90 Å². The molecular formula is C32H30Cl2FN3O5. The lowest BCUT2D eigenvalue weighted by Crippen LogP contribution is -2.52. The number of aromatic carboxylic acids is 1. The van der Waals surface area contributed by atoms with Gasteiger partial charge in [-0.25, -0.2) is 9.18 Å². The maximum atomic E-state index is 16.1. The van der Waals surface area contributed by atoms with Crippen LogP contribution in [0.5, 0.6) is 5.75 Å². The molecule has 0 radical (unpaired) electrons. The SMILES string of the molecule is COc1cc(C(=O)O)ccc1N1CN2[C@@H](CC(C)(C)C)[C@@]3(C(=O)Nc4cc(Cl)ccc43)C(c3cccc(Cl)c3F)[C@@H]2C1=O. The zero-order valence-corrected chi connectivity index (χ0v) is 25.5. The summed E-state index contributed by atoms with van der Waals surface area (Å²) in [4.78, 5) is 44.1. The molecule has 2 N–H and O–H groups in total. The number of benzene rings is 3. The van der Waals surface area contributed by atoms with E-state index in [-0.39, 0.29) is 45.8 Å². The molecular weight excluding hydrogens is 596 g/mol. The lowest BCUT2D eigenvalue weighted by atomic mass is 9.62. The highest BCUT2D eigenvalue weighted by Gasteiger charge is 2.71. The van der Waals surface area contributed by atoms with E-state index < -0.39 is 35.2 Å². The van der Waals surface area contributed by atoms with E-state index >= 15 is 4.39 Å². The Hall–Kier alpha value is -3.66. The Labute approximate surface area is 258 Å². The van der Waals surface area contributed by atoms with Crippen LogP contribution in [-0.4, -0.2) is 53.7 Å². The monoisotopic (exact) mass is 625 g/mol. The first-order chi connectivity index (χ1) is 20.3. The molecule has 1 unspecified atom stereocenters. The normalized spacial score (nSPS) is 24.8. The molecule has 3 aliphatic rings. The van der Waals surface area contributed by atoms with E-state index in [4.69, 9.17) is 27.9 Å². The van der Waals surface area contributed by atoms with Gasteiger partial charge in [0.1, 0.15) is 17.0 Å². The van der Waals surface area contributed by atoms with Gasteiger partial charge in [-0.05, 0) is 59.4 Å². The Balaban J connectivity index is 1.60. The van der Waals surface area contributed by atoms with Gasteiger partial charge >= 0.3 is 5.97 Å². The van der Waals surface area contributed by atoms with Gasteiger partial charge in [-0.3, -0.25) is 19.4 Å². The van der Waals surface area contributed by atoms with Crippen LogP contribution >= 0.6 is 23.2 Å². The predicted octanol–water partition coefficient (Wildman–Crippen LogP) is 6.31. The summed E-state index contributed by atoms with van der Waals surface area (Å²) in [6.45, 7) is 6.25. The van der Waals surface area contributed by atoms with Gasteiger partial charge in [-0.15, -0.1) is 0 Å². The van der Waals surface area contributed by atoms with Crippen molar-refractivity contribution >= 4 is 52.4 Å². The molecule has 0 aliphatic carbocycles. The topological polar surface area (TPSA) is 99.2 Å². The van der Waals surface area contributed by atoms with E-state index in [0.717, 1.165) is 0 Å². The molecule has 2 saturated heterocycles. The van der Waals surface area contributed by atoms with Crippen LogP contribution in [0.15, 0.2) is 54.6 Å². The maximum Gasteiger partial charge on any atom is 0.335 e. The Kier molecular flexibility index (Phi) is 6.99. The molecule has 43 heavy (non-hydrogen) atoms. The highest BCUT2D eigenvalue weighted by atomic mass is 35.5. The van der Waals surface area contributed by atoms with Crippen molar-refractivity contribution in [3.8, 4) is 5.75 Å². The summed E-state index contributed by atoms with van der Waals surface area (Å²) >= 11 is 12.6. The summed E-state index contributed by atoms with van der Waals surface area (Å²) in [7, 11) is 1.40. The molecule has 11 heteroatoms. The molecule has 6 rings (SSSR count). The molecule has 3 aromatic rings. The van der Waals surface area contributed by atoms with Gasteiger partial charge in [0.05, 0.1) is 36.1 Å². The lowest BCUT2D eigenvalue weighted by Gasteiger charge is -2.40. The van der Waals surface area contributed by atoms with Crippen LogP contribution in [0.25, 0.3) is 0 Å². The van der Waals surface area contributed by atoms with Gasteiger partial charge in [0, 0.05) is 22.7 Å². The number of nitrogens with one attached hydrogen (secondary N) is 1. The fourth-order valence-electron chi connectivity index (χ4n) is 7.20. The van der Waals surface area contributed by atoms with Crippen molar-refractivity contribution in [2.24, 2.45) is 5.41 Å². The number of hydrogen-bond acceptors (Lipinski definition) is 5. The number of nitrogens with zero attached hydrogens (tertiary/aromatic N) is 2. The fraction of sp³-hybridized carbons (Fsp3) is 0.344. The molecule has 0 saturated carbocycles. The summed E-state index contributed by atoms with van der Waals surface area (Å²) in [6.07, 6.45) is 0.494. The van der Waals surface area contributed by atoms with Gasteiger partial charge in [-0.1, -0.05) is 62.2 Å². The zero-order valence-electron chi connectivity index (χ0n) is 24.0. The van der Waals surface area contributed by atoms with Gasteiger partial charge in [0.25, 0.3) is 0 Å². The van der Waals surface area contributed by atoms with Crippen molar-refractivity contribution in [1.29, 1.82) is 0 Å². The summed E-state index contributed by atoms with van der Waals surface area (Å²) in [6, 6.07) is 12.6. The second-order valence-electron chi connectivity index (χ2n) is 12.5. The number of carbonyl (C=O) groups excluding carboxylic acids is 2. The Morgan fingerprint density at radius 2 is 1.88 bits per heavy atom. The van der Waals surface area contributed by atoms with E-state index in [1.165, 1.54) is 36.3 Å². The molecule has 4 atom stereocenters. The van der Waals surface area contributed by atoms with Crippen molar-refractivity contribution in [3.05, 3.63) is 87.2 Å². The molecule has 2 amide bonds. The van der Waals surface area contributed by atoms with E-state index in [0.29, 0.717) is 28.4 Å². The van der Waals surface area contributed by atoms with Crippen LogP contribution in [0.2, 0.25) is 10.0 Å². The minimum atomic E-state index is -1.34. The Morgan fingerprint density at radius 3 is 2.56 bits per heavy atom. The molecule has 224 valence electrons. The molecule has 2 fully saturated rings. The maximum absolute atomic E-state index is 16.1. The highest BCUT2D eigenvalue weighted by molar-refractivity contribution is 6.31. The number of hydrogen-bond donors (Lipinski definition) is 2. The third-order valence-electron chi connectivity index (χ3n) is 8.80. The Bertz CT molecular complexity index is 1690. The van der Waals surface area contributed by atoms with Crippen molar-refractivity contribution < 1.29 is 28.6 Å². The van der Waals surface area contributed by atoms with Crippen LogP contribution in [-0.2, 0) is 15.0 Å². The van der Waals surface area contributed by atoms with E-state index in [1.54, 1.807) is 30.3 Å². The highest BCUT2D eigenvalue weighted by Crippen LogP contribution is 2.62. The first kappa shape index (κ1) is 29.4. The third kappa shape index (κ3) is 4.39. The van der Waals surface area contributed by atoms with Crippen LogP contribution in [0.1, 0.15) is 54.6 Å². The zero-order chi connectivity index (χ0) is 31.0. The molecule has 3 heterocycles. The quantitative estimate of drug-likeness (QED) is 0.345. The average Bonchev–Trinajstić information content (AvgIpc) is 3.52. The van der Waals surface area contributed by atoms with Crippen molar-refractivity contribution in [3.63, 3.8) is 0 Å². The van der Waals surface area contributed by atoms with Crippen LogP contribution in [0.3, 0.4) is 0 Å². The molecule has 0 bridgehead atoms. The molecule has 3 aliphatic heterocycles. The minimum Gasteiger partial charge on any atom is -0.495 e. The molecule has 1 spiro atoms. The number of anilines is 2. The number of ether oxygens (including phenoxy) is 1. The number of halogens is 3. The number of rotatable bonds is 5. The summed E-state index contributed by atoms with van der Waals surface area (Å²) in [5, 5.41) is 12.8. The number of carboxylic acids is 1. The number of carbonyl (C=O) groups is 3. The van der Waals surface area contributed by atoms with Gasteiger partial charge in [0.2, 0.25) is 11.8 Å². The van der Waals surface area contributed by atoms with Crippen molar-refractivity contribution in [2.45, 2.75) is 50.6 Å². The first-order valence-corrected chi connectivity index (χ1v) is 14.6. The molecule has 0 aromatic heterocycles. The van der Waals surface area contributed by atoms with E-state index in [9.17, 15) is 19.5 Å². The number of carboxylic acid groups (broad SMARTS) is 1. The third-order valence-corrected chi connectivity index (χ3v) is 9.33. The minimum absolute atomic E-state index is 0.00841. The van der Waals surface area contributed by atoms with Crippen molar-refractivity contribution in [2.75, 3.05) is 24.0 Å². The lowest BCUT2D eigenvalue weighted by molar-refractivity contribution is -0.122. The Morgan fingerprint density at radius 1 is 1.14 bits per heavy atom. The average molecular weight is 627 g/mol. The second kappa shape index (κ2) is 10.2. The largest absolute Gasteiger partial charge is 0.495 e. The predicted molar refractivity (Wildman–Crippen MR) is 162 cm³/mol. The van der Waals surface area contributed by atoms with Gasteiger partial charge < -0.3 is 15.2 Å². The van der Waals surface area contributed by atoms with Gasteiger partial charge in [-0.2, -0.15) is 0 Å². The van der Waals surface area contributed by atoms with E-state index in [1.807, 2.05) is 4.90 Å². The number of fused-ring (bicyclic) bond motifs is 3. The number of amides is 2. The molecule has 3 aromatic carbocycles. The summed E-state index contributed by atoms with van der Waals surface area (Å²) in [5.74, 6) is -3.26. The molecule has 8 nitrogen and oxygen atoms in total. The van der Waals surface area contributed by atoms with E-state index in [2.05, 4.69) is 26.1 Å². The number of methoxy groups -OCH3 is 1. The second-order valence-corrected chi connectivity index (χ2v) is 13.3. The summed E-state index contributed by atoms with van der Waals surface area (Å²) in [5.41, 5.74) is 0.0927.